The van der Waals surface area contributed by atoms with Crippen LogP contribution in [0, 0.1) is 37.5 Å². The van der Waals surface area contributed by atoms with Crippen molar-refractivity contribution in [3.63, 3.8) is 0 Å². The van der Waals surface area contributed by atoms with Gasteiger partial charge in [-0.25, -0.2) is 0 Å². The molecule has 2 aromatic carbocycles. The first-order valence-electron chi connectivity index (χ1n) is 10.4. The summed E-state index contributed by atoms with van der Waals surface area (Å²) in [5.41, 5.74) is 5.17. The summed E-state index contributed by atoms with van der Waals surface area (Å²) in [6.07, 6.45) is 3.09. The van der Waals surface area contributed by atoms with Crippen molar-refractivity contribution in [3.05, 3.63) is 70.8 Å². The number of fused-ring (bicyclic) bond motifs is 5. The predicted octanol–water partition coefficient (Wildman–Crippen LogP) is 4.26. The second kappa shape index (κ2) is 6.66. The van der Waals surface area contributed by atoms with Gasteiger partial charge in [0.15, 0.2) is 0 Å². The first-order valence-corrected chi connectivity index (χ1v) is 10.4. The summed E-state index contributed by atoms with van der Waals surface area (Å²) < 4.78 is 0. The Labute approximate surface area is 175 Å². The van der Waals surface area contributed by atoms with Crippen molar-refractivity contribution in [2.75, 3.05) is 10.2 Å². The molecule has 5 heteroatoms. The fourth-order valence-corrected chi connectivity index (χ4v) is 5.54. The summed E-state index contributed by atoms with van der Waals surface area (Å²) in [7, 11) is 0. The molecule has 4 atom stereocenters. The number of aryl methyl sites for hydroxylation is 2. The lowest BCUT2D eigenvalue weighted by molar-refractivity contribution is -0.123. The molecular weight excluding hydrogens is 376 g/mol. The van der Waals surface area contributed by atoms with Gasteiger partial charge in [0.25, 0.3) is 5.91 Å². The normalized spacial score (nSPS) is 26.8. The third-order valence-corrected chi connectivity index (χ3v) is 6.75. The molecule has 3 amide bonds. The van der Waals surface area contributed by atoms with Crippen LogP contribution in [0.4, 0.5) is 11.4 Å². The Bertz CT molecular complexity index is 1100. The van der Waals surface area contributed by atoms with E-state index in [0.29, 0.717) is 11.3 Å². The highest BCUT2D eigenvalue weighted by molar-refractivity contribution is 6.23. The van der Waals surface area contributed by atoms with Crippen LogP contribution < -0.4 is 10.2 Å². The number of hydrogen-bond donors (Lipinski definition) is 1. The van der Waals surface area contributed by atoms with Gasteiger partial charge >= 0.3 is 0 Å². The highest BCUT2D eigenvalue weighted by Gasteiger charge is 2.60. The van der Waals surface area contributed by atoms with Crippen LogP contribution in [0.3, 0.4) is 0 Å². The maximum absolute atomic E-state index is 13.1. The van der Waals surface area contributed by atoms with Crippen LogP contribution in [0.2, 0.25) is 0 Å². The van der Waals surface area contributed by atoms with Gasteiger partial charge in [-0.2, -0.15) is 0 Å². The second-order valence-electron chi connectivity index (χ2n) is 8.86. The van der Waals surface area contributed by atoms with E-state index in [2.05, 4.69) is 18.3 Å². The van der Waals surface area contributed by atoms with E-state index >= 15 is 0 Å². The van der Waals surface area contributed by atoms with Crippen LogP contribution >= 0.6 is 0 Å². The zero-order valence-electron chi connectivity index (χ0n) is 17.3. The number of rotatable bonds is 3. The van der Waals surface area contributed by atoms with E-state index in [1.54, 1.807) is 24.3 Å². The molecule has 30 heavy (non-hydrogen) atoms. The summed E-state index contributed by atoms with van der Waals surface area (Å²) in [5.74, 6) is -0.487. The molecule has 0 unspecified atom stereocenters. The van der Waals surface area contributed by atoms with E-state index in [-0.39, 0.29) is 41.4 Å². The molecule has 0 aromatic heterocycles. The number of carbonyl (C=O) groups excluding carboxylic acids is 3. The van der Waals surface area contributed by atoms with Crippen LogP contribution in [0.5, 0.6) is 0 Å². The molecule has 0 spiro atoms. The molecule has 5 nitrogen and oxygen atoms in total. The minimum Gasteiger partial charge on any atom is -0.322 e. The Morgan fingerprint density at radius 1 is 0.933 bits per heavy atom. The molecule has 1 heterocycles. The minimum atomic E-state index is -0.223. The number of carbonyl (C=O) groups is 3. The number of imide groups is 1. The van der Waals surface area contributed by atoms with Crippen molar-refractivity contribution in [2.45, 2.75) is 27.2 Å². The van der Waals surface area contributed by atoms with Crippen LogP contribution in [0.15, 0.2) is 54.1 Å². The van der Waals surface area contributed by atoms with E-state index in [9.17, 15) is 14.4 Å². The lowest BCUT2D eigenvalue weighted by Gasteiger charge is -2.19. The quantitative estimate of drug-likeness (QED) is 0.618. The van der Waals surface area contributed by atoms with Gasteiger partial charge in [0.2, 0.25) is 11.8 Å². The maximum atomic E-state index is 13.1. The number of benzene rings is 2. The monoisotopic (exact) mass is 400 g/mol. The van der Waals surface area contributed by atoms with Gasteiger partial charge in [-0.05, 0) is 86.6 Å². The number of hydrogen-bond acceptors (Lipinski definition) is 3. The highest BCUT2D eigenvalue weighted by atomic mass is 16.2. The molecule has 2 bridgehead atoms. The number of allylic oxidation sites excluding steroid dienone is 2. The molecule has 2 aromatic rings. The Kier molecular flexibility index (Phi) is 4.17. The average Bonchev–Trinajstić information content (AvgIpc) is 3.32. The third kappa shape index (κ3) is 2.80. The number of anilines is 2. The lowest BCUT2D eigenvalue weighted by atomic mass is 9.82. The summed E-state index contributed by atoms with van der Waals surface area (Å²) in [5, 5.41) is 2.91. The standard InChI is InChI=1S/C25H24N2O3/c1-13-8-14(2)10-18(9-13)26-23(28)16-4-6-19(7-5-16)27-24(29)21-17-11-15(3)20(12-17)22(21)25(27)30/h4-11,17,20-22H,12H2,1-3H3,(H,26,28)/t17-,20-,21-,22+/m1/s1. The van der Waals surface area contributed by atoms with Crippen LogP contribution in [0.25, 0.3) is 0 Å². The Morgan fingerprint density at radius 2 is 1.57 bits per heavy atom. The van der Waals surface area contributed by atoms with E-state index in [0.717, 1.165) is 23.2 Å². The molecule has 5 rings (SSSR count). The molecule has 1 N–H and O–H groups in total. The smallest absolute Gasteiger partial charge is 0.255 e. The van der Waals surface area contributed by atoms with Crippen molar-refractivity contribution < 1.29 is 14.4 Å². The van der Waals surface area contributed by atoms with Gasteiger partial charge in [0.05, 0.1) is 17.5 Å². The maximum Gasteiger partial charge on any atom is 0.255 e. The van der Waals surface area contributed by atoms with Gasteiger partial charge in [-0.3, -0.25) is 19.3 Å². The van der Waals surface area contributed by atoms with Gasteiger partial charge in [-0.1, -0.05) is 17.7 Å². The lowest BCUT2D eigenvalue weighted by Crippen LogP contribution is -2.33. The summed E-state index contributed by atoms with van der Waals surface area (Å²) in [6.45, 7) is 6.03. The average molecular weight is 400 g/mol. The summed E-state index contributed by atoms with van der Waals surface area (Å²) in [4.78, 5) is 40.0. The third-order valence-electron chi connectivity index (χ3n) is 6.75. The first kappa shape index (κ1) is 18.8. The molecule has 2 aliphatic carbocycles. The van der Waals surface area contributed by atoms with E-state index in [1.165, 1.54) is 10.5 Å². The van der Waals surface area contributed by atoms with E-state index < -0.39 is 0 Å². The Morgan fingerprint density at radius 3 is 2.23 bits per heavy atom. The largest absolute Gasteiger partial charge is 0.322 e. The molecule has 1 aliphatic heterocycles. The summed E-state index contributed by atoms with van der Waals surface area (Å²) in [6, 6.07) is 12.6. The van der Waals surface area contributed by atoms with Crippen LogP contribution in [-0.2, 0) is 9.59 Å². The van der Waals surface area contributed by atoms with Crippen LogP contribution in [-0.4, -0.2) is 17.7 Å². The van der Waals surface area contributed by atoms with Crippen LogP contribution in [0.1, 0.15) is 34.8 Å². The molecule has 2 fully saturated rings. The molecule has 152 valence electrons. The van der Waals surface area contributed by atoms with E-state index in [4.69, 9.17) is 0 Å². The van der Waals surface area contributed by atoms with Gasteiger partial charge in [0.1, 0.15) is 0 Å². The van der Waals surface area contributed by atoms with Gasteiger partial charge in [-0.15, -0.1) is 0 Å². The summed E-state index contributed by atoms with van der Waals surface area (Å²) >= 11 is 0. The van der Waals surface area contributed by atoms with E-state index in [1.807, 2.05) is 32.0 Å². The van der Waals surface area contributed by atoms with Crippen molar-refractivity contribution in [1.82, 2.24) is 0 Å². The molecule has 1 saturated carbocycles. The number of nitrogens with one attached hydrogen (secondary N) is 1. The van der Waals surface area contributed by atoms with Crippen molar-refractivity contribution in [1.29, 1.82) is 0 Å². The topological polar surface area (TPSA) is 66.5 Å². The first-order chi connectivity index (χ1) is 14.3. The minimum absolute atomic E-state index is 0.0996. The predicted molar refractivity (Wildman–Crippen MR) is 115 cm³/mol. The number of amides is 3. The molecule has 3 aliphatic rings. The molecule has 0 radical (unpaired) electrons. The fraction of sp³-hybridized carbons (Fsp3) is 0.320. The zero-order chi connectivity index (χ0) is 21.2. The van der Waals surface area contributed by atoms with Crippen molar-refractivity contribution >= 4 is 29.1 Å². The highest BCUT2D eigenvalue weighted by Crippen LogP contribution is 2.55. The zero-order valence-corrected chi connectivity index (χ0v) is 17.3. The number of nitrogens with zero attached hydrogens (tertiary/aromatic N) is 1. The second-order valence-corrected chi connectivity index (χ2v) is 8.86. The Hall–Kier alpha value is -3.21. The fourth-order valence-electron chi connectivity index (χ4n) is 5.54. The molecular formula is C25H24N2O3. The van der Waals surface area contributed by atoms with Crippen molar-refractivity contribution in [2.24, 2.45) is 23.7 Å². The SMILES string of the molecule is CC1=C[C@@H]2C[C@H]1[C@@H]1C(=O)N(c3ccc(C(=O)Nc4cc(C)cc(C)c4)cc3)C(=O)[C@@H]12. The Balaban J connectivity index is 1.35. The van der Waals surface area contributed by atoms with Gasteiger partial charge < -0.3 is 5.32 Å². The van der Waals surface area contributed by atoms with Crippen molar-refractivity contribution in [3.8, 4) is 0 Å². The molecule has 1 saturated heterocycles. The van der Waals surface area contributed by atoms with Gasteiger partial charge in [0, 0.05) is 11.3 Å².